The molecular formula is C59H77N9O8S. The molecule has 6 atom stereocenters. The van der Waals surface area contributed by atoms with Gasteiger partial charge in [-0.15, -0.1) is 11.3 Å². The number of esters is 1. The van der Waals surface area contributed by atoms with Gasteiger partial charge in [-0.3, -0.25) is 24.4 Å². The summed E-state index contributed by atoms with van der Waals surface area (Å²) in [5, 5.41) is 20.1. The van der Waals surface area contributed by atoms with Crippen molar-refractivity contribution in [1.82, 2.24) is 40.1 Å². The highest BCUT2D eigenvalue weighted by molar-refractivity contribution is 7.10. The molecule has 412 valence electrons. The number of carbonyl (C=O) groups excluding carboxylic acids is 4. The van der Waals surface area contributed by atoms with Gasteiger partial charge in [-0.2, -0.15) is 5.43 Å². The van der Waals surface area contributed by atoms with Crippen LogP contribution in [0.3, 0.4) is 0 Å². The first-order chi connectivity index (χ1) is 36.9. The number of nitrogens with zero attached hydrogens (tertiary/aromatic N) is 7. The van der Waals surface area contributed by atoms with E-state index in [2.05, 4.69) is 77.2 Å². The molecule has 4 fully saturated rings. The summed E-state index contributed by atoms with van der Waals surface area (Å²) >= 11 is 1.40. The number of piperazine rings is 1. The SMILES string of the molecule is CCn1c(-c2cc(N3CCN(C)CC3)cnc2[C@H](C)OC)c2c3cc(ccc31)-c1csc(n1)C[C@H](NC(=O)[C@H](C1CCCC1)N(C)C(=O)[C@@H]1OCC[C@@]1(C)c1ccccc1)C(=O)N1CCC[C@@](O)(N1)C(=O)OCC(C)(C)C2. The van der Waals surface area contributed by atoms with Crippen molar-refractivity contribution in [2.45, 2.75) is 134 Å². The van der Waals surface area contributed by atoms with Crippen LogP contribution in [-0.2, 0) is 58.2 Å². The Morgan fingerprint density at radius 2 is 1.77 bits per heavy atom. The van der Waals surface area contributed by atoms with E-state index in [4.69, 9.17) is 24.2 Å². The molecule has 0 unspecified atom stereocenters. The smallest absolute Gasteiger partial charge is 0.355 e. The van der Waals surface area contributed by atoms with Crippen molar-refractivity contribution < 1.29 is 38.5 Å². The summed E-state index contributed by atoms with van der Waals surface area (Å²) in [5.41, 5.74) is 7.89. The molecule has 5 aliphatic rings. The number of aromatic nitrogens is 3. The topological polar surface area (TPSA) is 184 Å². The summed E-state index contributed by atoms with van der Waals surface area (Å²) in [4.78, 5) is 75.8. The molecule has 3 aromatic heterocycles. The predicted octanol–water partition coefficient (Wildman–Crippen LogP) is 7.04. The lowest BCUT2D eigenvalue weighted by Crippen LogP contribution is -2.67. The average molecular weight is 1070 g/mol. The van der Waals surface area contributed by atoms with Crippen molar-refractivity contribution >= 4 is 51.6 Å². The third-order valence-electron chi connectivity index (χ3n) is 17.2. The van der Waals surface area contributed by atoms with E-state index < -0.39 is 52.5 Å². The highest BCUT2D eigenvalue weighted by Gasteiger charge is 2.50. The molecule has 77 heavy (non-hydrogen) atoms. The number of aryl methyl sites for hydroxylation is 1. The maximum absolute atomic E-state index is 15.1. The first-order valence-corrected chi connectivity index (χ1v) is 28.6. The van der Waals surface area contributed by atoms with Gasteiger partial charge in [0.1, 0.15) is 18.2 Å². The highest BCUT2D eigenvalue weighted by atomic mass is 32.1. The monoisotopic (exact) mass is 1070 g/mol. The summed E-state index contributed by atoms with van der Waals surface area (Å²) in [6.07, 6.45) is 5.58. The fourth-order valence-electron chi connectivity index (χ4n) is 12.6. The van der Waals surface area contributed by atoms with Crippen molar-refractivity contribution in [3.63, 3.8) is 0 Å². The highest BCUT2D eigenvalue weighted by Crippen LogP contribution is 2.44. The lowest BCUT2D eigenvalue weighted by Gasteiger charge is -2.40. The number of hydrazine groups is 1. The molecule has 2 aromatic carbocycles. The number of cyclic esters (lactones) is 1. The van der Waals surface area contributed by atoms with Gasteiger partial charge in [-0.1, -0.05) is 70.0 Å². The number of aliphatic hydroxyl groups is 1. The van der Waals surface area contributed by atoms with Gasteiger partial charge < -0.3 is 43.9 Å². The number of pyridine rings is 1. The van der Waals surface area contributed by atoms with E-state index >= 15 is 9.59 Å². The summed E-state index contributed by atoms with van der Waals surface area (Å²) in [6.45, 7) is 15.2. The first kappa shape index (κ1) is 54.6. The Labute approximate surface area is 456 Å². The average Bonchev–Trinajstić information content (AvgIpc) is 4.29. The van der Waals surface area contributed by atoms with E-state index in [9.17, 15) is 14.7 Å². The molecule has 5 aromatic rings. The van der Waals surface area contributed by atoms with Gasteiger partial charge in [0.15, 0.2) is 0 Å². The van der Waals surface area contributed by atoms with Gasteiger partial charge >= 0.3 is 5.97 Å². The van der Waals surface area contributed by atoms with Crippen LogP contribution >= 0.6 is 11.3 Å². The van der Waals surface area contributed by atoms with Crippen LogP contribution in [0.5, 0.6) is 0 Å². The molecule has 4 aliphatic heterocycles. The molecule has 6 bridgehead atoms. The van der Waals surface area contributed by atoms with Gasteiger partial charge in [0.25, 0.3) is 11.8 Å². The second-order valence-electron chi connectivity index (χ2n) is 23.2. The molecule has 10 rings (SSSR count). The molecule has 3 amide bonds. The maximum Gasteiger partial charge on any atom is 0.355 e. The van der Waals surface area contributed by atoms with Crippen molar-refractivity contribution in [3.8, 4) is 22.5 Å². The molecule has 7 heterocycles. The van der Waals surface area contributed by atoms with Crippen LogP contribution in [0.15, 0.2) is 66.2 Å². The number of hydrogen-bond acceptors (Lipinski definition) is 14. The Balaban J connectivity index is 1.04. The van der Waals surface area contributed by atoms with Gasteiger partial charge in [-0.25, -0.2) is 9.78 Å². The van der Waals surface area contributed by atoms with Crippen molar-refractivity contribution in [3.05, 3.63) is 88.0 Å². The minimum absolute atomic E-state index is 0.00126. The molecule has 0 spiro atoms. The number of likely N-dealkylation sites (N-methyl/N-ethyl adjacent to an activating group) is 2. The van der Waals surface area contributed by atoms with Crippen LogP contribution in [0, 0.1) is 11.3 Å². The predicted molar refractivity (Wildman–Crippen MR) is 297 cm³/mol. The number of carbonyl (C=O) groups is 4. The number of hydrogen-bond donors (Lipinski definition) is 3. The molecule has 18 heteroatoms. The zero-order valence-corrected chi connectivity index (χ0v) is 46.9. The number of ether oxygens (including phenoxy) is 3. The van der Waals surface area contributed by atoms with Gasteiger partial charge in [0.05, 0.1) is 46.7 Å². The van der Waals surface area contributed by atoms with E-state index in [-0.39, 0.29) is 50.3 Å². The Kier molecular flexibility index (Phi) is 15.7. The number of benzene rings is 2. The molecule has 3 saturated heterocycles. The van der Waals surface area contributed by atoms with Gasteiger partial charge in [0.2, 0.25) is 11.6 Å². The molecule has 0 radical (unpaired) electrons. The molecular weight excluding hydrogens is 995 g/mol. The van der Waals surface area contributed by atoms with E-state index in [1.54, 1.807) is 19.1 Å². The summed E-state index contributed by atoms with van der Waals surface area (Å²) in [7, 11) is 5.53. The van der Waals surface area contributed by atoms with Crippen LogP contribution in [0.2, 0.25) is 0 Å². The fraction of sp³-hybridized carbons (Fsp3) is 0.559. The number of anilines is 1. The number of nitrogens with one attached hydrogen (secondary N) is 2. The second kappa shape index (κ2) is 22.2. The maximum atomic E-state index is 15.1. The molecule has 1 aliphatic carbocycles. The Hall–Kier alpha value is -5.76. The summed E-state index contributed by atoms with van der Waals surface area (Å²) in [5.74, 6) is -2.34. The lowest BCUT2D eigenvalue weighted by molar-refractivity contribution is -0.189. The lowest BCUT2D eigenvalue weighted by atomic mass is 9.76. The zero-order valence-electron chi connectivity index (χ0n) is 46.1. The van der Waals surface area contributed by atoms with Crippen LogP contribution in [0.25, 0.3) is 33.4 Å². The van der Waals surface area contributed by atoms with E-state index in [0.29, 0.717) is 31.0 Å². The van der Waals surface area contributed by atoms with Crippen molar-refractivity contribution in [2.24, 2.45) is 11.3 Å². The van der Waals surface area contributed by atoms with Gasteiger partial charge in [-0.05, 0) is 88.2 Å². The Bertz CT molecular complexity index is 2990. The second-order valence-corrected chi connectivity index (χ2v) is 24.1. The number of methoxy groups -OCH3 is 1. The number of thiazole rings is 1. The Morgan fingerprint density at radius 3 is 2.49 bits per heavy atom. The third-order valence-corrected chi connectivity index (χ3v) is 18.1. The third kappa shape index (κ3) is 10.8. The first-order valence-electron chi connectivity index (χ1n) is 27.7. The zero-order chi connectivity index (χ0) is 54.4. The largest absolute Gasteiger partial charge is 0.462 e. The van der Waals surface area contributed by atoms with Gasteiger partial charge in [0, 0.05) is 111 Å². The molecule has 1 saturated carbocycles. The molecule has 3 N–H and O–H groups in total. The fourth-order valence-corrected chi connectivity index (χ4v) is 13.4. The van der Waals surface area contributed by atoms with Crippen LogP contribution in [0.4, 0.5) is 5.69 Å². The minimum atomic E-state index is -2.23. The molecule has 17 nitrogen and oxygen atoms in total. The van der Waals surface area contributed by atoms with Crippen LogP contribution in [-0.4, -0.2) is 149 Å². The number of rotatable bonds is 11. The summed E-state index contributed by atoms with van der Waals surface area (Å²) < 4.78 is 20.7. The number of fused-ring (bicyclic) bond motifs is 6. The minimum Gasteiger partial charge on any atom is -0.462 e. The van der Waals surface area contributed by atoms with E-state index in [0.717, 1.165) is 108 Å². The van der Waals surface area contributed by atoms with Crippen LogP contribution in [0.1, 0.15) is 107 Å². The standard InChI is InChI=1S/C59H77N9O8S/c1-9-67-47-21-20-39-30-42(47)44(51(67)43-31-41(34-60-49(43)37(2)74-8)66-27-25-64(6)26-28-66)33-57(3,4)36-76-56(72)59(73)22-15-24-68(63-59)54(70)45(32-48-61-46(39)35-77-48)62-53(69)50(38-16-13-14-17-38)65(7)55(71)52-58(5,23-29-75-52)40-18-11-10-12-19-40/h10-12,18-21,30-31,34-35,37-38,45,50,52,63,73H,9,13-17,22-29,32-33,36H2,1-8H3,(H,62,69)/t37-,45-,50-,52-,58-,59-/m0/s1. The van der Waals surface area contributed by atoms with Crippen molar-refractivity contribution in [2.75, 3.05) is 72.0 Å². The normalized spacial score (nSPS) is 25.4. The van der Waals surface area contributed by atoms with Crippen LogP contribution < -0.4 is 15.6 Å². The van der Waals surface area contributed by atoms with E-state index in [1.807, 2.05) is 55.8 Å². The van der Waals surface area contributed by atoms with E-state index in [1.165, 1.54) is 16.3 Å². The Morgan fingerprint density at radius 1 is 1.01 bits per heavy atom. The number of amides is 3. The summed E-state index contributed by atoms with van der Waals surface area (Å²) in [6, 6.07) is 16.5. The van der Waals surface area contributed by atoms with Crippen molar-refractivity contribution in [1.29, 1.82) is 0 Å². The quantitative estimate of drug-likeness (QED) is 0.115.